The number of nitrogens with one attached hydrogen (secondary N) is 1. The number of benzene rings is 1. The molecule has 2 atom stereocenters. The van der Waals surface area contributed by atoms with Crippen molar-refractivity contribution >= 4 is 0 Å². The quantitative estimate of drug-likeness (QED) is 0.845. The molecule has 1 aromatic rings. The lowest BCUT2D eigenvalue weighted by molar-refractivity contribution is 0.107. The Kier molecular flexibility index (Phi) is 5.41. The fraction of sp³-hybridized carbons (Fsp3) is 0.647. The van der Waals surface area contributed by atoms with Gasteiger partial charge in [-0.15, -0.1) is 0 Å². The van der Waals surface area contributed by atoms with Gasteiger partial charge in [0.2, 0.25) is 0 Å². The van der Waals surface area contributed by atoms with Gasteiger partial charge in [0.05, 0.1) is 6.10 Å². The summed E-state index contributed by atoms with van der Waals surface area (Å²) in [7, 11) is 1.82. The second kappa shape index (κ2) is 7.06. The molecular weight excluding hydrogens is 234 g/mol. The maximum atomic E-state index is 5.41. The summed E-state index contributed by atoms with van der Waals surface area (Å²) >= 11 is 0. The van der Waals surface area contributed by atoms with Crippen molar-refractivity contribution in [2.45, 2.75) is 58.2 Å². The molecule has 0 bridgehead atoms. The summed E-state index contributed by atoms with van der Waals surface area (Å²) in [6.07, 6.45) is 5.23. The number of hydrogen-bond acceptors (Lipinski definition) is 2. The number of ether oxygens (including phenoxy) is 1. The maximum absolute atomic E-state index is 5.41. The first kappa shape index (κ1) is 14.5. The van der Waals surface area contributed by atoms with Gasteiger partial charge < -0.3 is 10.1 Å². The highest BCUT2D eigenvalue weighted by molar-refractivity contribution is 5.22. The zero-order chi connectivity index (χ0) is 13.7. The predicted octanol–water partition coefficient (Wildman–Crippen LogP) is 3.54. The van der Waals surface area contributed by atoms with Gasteiger partial charge in [0.25, 0.3) is 0 Å². The summed E-state index contributed by atoms with van der Waals surface area (Å²) in [4.78, 5) is 0. The summed E-state index contributed by atoms with van der Waals surface area (Å²) in [5.41, 5.74) is 2.83. The lowest BCUT2D eigenvalue weighted by atomic mass is 10.0. The number of hydrogen-bond donors (Lipinski definition) is 1. The van der Waals surface area contributed by atoms with Gasteiger partial charge in [-0.05, 0) is 42.7 Å². The van der Waals surface area contributed by atoms with E-state index >= 15 is 0 Å². The van der Waals surface area contributed by atoms with Gasteiger partial charge in [-0.3, -0.25) is 0 Å². The second-order valence-electron chi connectivity index (χ2n) is 6.16. The van der Waals surface area contributed by atoms with Gasteiger partial charge >= 0.3 is 0 Å². The van der Waals surface area contributed by atoms with Gasteiger partial charge in [-0.2, -0.15) is 0 Å². The molecule has 0 spiro atoms. The van der Waals surface area contributed by atoms with Crippen LogP contribution in [0.15, 0.2) is 24.3 Å². The minimum Gasteiger partial charge on any atom is -0.381 e. The Hall–Kier alpha value is -0.860. The Morgan fingerprint density at radius 2 is 1.84 bits per heavy atom. The predicted molar refractivity (Wildman–Crippen MR) is 80.3 cm³/mol. The average Bonchev–Trinajstić information content (AvgIpc) is 2.85. The molecule has 0 saturated heterocycles. The van der Waals surface area contributed by atoms with Crippen molar-refractivity contribution in [3.63, 3.8) is 0 Å². The molecule has 0 radical (unpaired) electrons. The topological polar surface area (TPSA) is 21.3 Å². The molecule has 1 fully saturated rings. The fourth-order valence-electron chi connectivity index (χ4n) is 2.87. The largest absolute Gasteiger partial charge is 0.381 e. The average molecular weight is 261 g/mol. The first-order chi connectivity index (χ1) is 9.17. The smallest absolute Gasteiger partial charge is 0.0586 e. The summed E-state index contributed by atoms with van der Waals surface area (Å²) in [6.45, 7) is 5.51. The van der Waals surface area contributed by atoms with E-state index in [1.807, 2.05) is 7.11 Å². The molecule has 1 aliphatic carbocycles. The van der Waals surface area contributed by atoms with Crippen LogP contribution in [0, 0.1) is 5.92 Å². The first-order valence-electron chi connectivity index (χ1n) is 7.51. The van der Waals surface area contributed by atoms with Crippen molar-refractivity contribution in [3.05, 3.63) is 35.4 Å². The zero-order valence-corrected chi connectivity index (χ0v) is 12.5. The second-order valence-corrected chi connectivity index (χ2v) is 6.16. The van der Waals surface area contributed by atoms with E-state index in [1.54, 1.807) is 0 Å². The number of methoxy groups -OCH3 is 1. The third kappa shape index (κ3) is 4.63. The van der Waals surface area contributed by atoms with Gasteiger partial charge in [0.15, 0.2) is 0 Å². The molecule has 0 amide bonds. The summed E-state index contributed by atoms with van der Waals surface area (Å²) in [5, 5.41) is 3.64. The standard InChI is InChI=1S/C17H27NO/c1-13(2)10-14-4-6-15(7-5-14)12-18-16-8-9-17(11-16)19-3/h4-7,13,16-18H,8-12H2,1-3H3. The zero-order valence-electron chi connectivity index (χ0n) is 12.5. The molecule has 0 aromatic heterocycles. The highest BCUT2D eigenvalue weighted by Crippen LogP contribution is 2.21. The molecule has 106 valence electrons. The summed E-state index contributed by atoms with van der Waals surface area (Å²) in [5.74, 6) is 0.730. The van der Waals surface area contributed by atoms with Gasteiger partial charge in [0.1, 0.15) is 0 Å². The van der Waals surface area contributed by atoms with E-state index in [2.05, 4.69) is 43.4 Å². The Bertz CT molecular complexity index is 371. The molecule has 2 nitrogen and oxygen atoms in total. The van der Waals surface area contributed by atoms with E-state index < -0.39 is 0 Å². The summed E-state index contributed by atoms with van der Waals surface area (Å²) in [6, 6.07) is 9.68. The molecule has 2 unspecified atom stereocenters. The summed E-state index contributed by atoms with van der Waals surface area (Å²) < 4.78 is 5.41. The van der Waals surface area contributed by atoms with E-state index in [9.17, 15) is 0 Å². The van der Waals surface area contributed by atoms with Gasteiger partial charge in [-0.1, -0.05) is 38.1 Å². The van der Waals surface area contributed by atoms with E-state index in [1.165, 1.54) is 30.4 Å². The van der Waals surface area contributed by atoms with Crippen LogP contribution in [0.4, 0.5) is 0 Å². The van der Waals surface area contributed by atoms with Crippen molar-refractivity contribution in [1.82, 2.24) is 5.32 Å². The molecule has 2 rings (SSSR count). The lowest BCUT2D eigenvalue weighted by Gasteiger charge is -2.13. The maximum Gasteiger partial charge on any atom is 0.0586 e. The molecular formula is C17H27NO. The minimum absolute atomic E-state index is 0.464. The van der Waals surface area contributed by atoms with E-state index in [-0.39, 0.29) is 0 Å². The molecule has 0 heterocycles. The Morgan fingerprint density at radius 3 is 2.42 bits per heavy atom. The molecule has 1 aliphatic rings. The van der Waals surface area contributed by atoms with Crippen LogP contribution in [0.25, 0.3) is 0 Å². The van der Waals surface area contributed by atoms with Crippen LogP contribution in [0.3, 0.4) is 0 Å². The van der Waals surface area contributed by atoms with Crippen LogP contribution in [0.5, 0.6) is 0 Å². The highest BCUT2D eigenvalue weighted by Gasteiger charge is 2.23. The highest BCUT2D eigenvalue weighted by atomic mass is 16.5. The number of rotatable bonds is 6. The molecule has 1 saturated carbocycles. The lowest BCUT2D eigenvalue weighted by Crippen LogP contribution is -2.26. The van der Waals surface area contributed by atoms with Crippen LogP contribution in [-0.4, -0.2) is 19.3 Å². The third-order valence-electron chi connectivity index (χ3n) is 3.98. The molecule has 1 N–H and O–H groups in total. The van der Waals surface area contributed by atoms with Crippen LogP contribution in [0.2, 0.25) is 0 Å². The fourth-order valence-corrected chi connectivity index (χ4v) is 2.87. The molecule has 1 aromatic carbocycles. The van der Waals surface area contributed by atoms with Crippen molar-refractivity contribution in [3.8, 4) is 0 Å². The van der Waals surface area contributed by atoms with Crippen molar-refractivity contribution in [1.29, 1.82) is 0 Å². The molecule has 2 heteroatoms. The molecule has 19 heavy (non-hydrogen) atoms. The normalized spacial score (nSPS) is 23.2. The van der Waals surface area contributed by atoms with Crippen molar-refractivity contribution in [2.75, 3.05) is 7.11 Å². The molecule has 0 aliphatic heterocycles. The monoisotopic (exact) mass is 261 g/mol. The van der Waals surface area contributed by atoms with Crippen LogP contribution in [0.1, 0.15) is 44.2 Å². The third-order valence-corrected chi connectivity index (χ3v) is 3.98. The Morgan fingerprint density at radius 1 is 1.16 bits per heavy atom. The van der Waals surface area contributed by atoms with Crippen molar-refractivity contribution in [2.24, 2.45) is 5.92 Å². The van der Waals surface area contributed by atoms with Crippen LogP contribution in [-0.2, 0) is 17.7 Å². The Balaban J connectivity index is 1.77. The van der Waals surface area contributed by atoms with Gasteiger partial charge in [-0.25, -0.2) is 0 Å². The van der Waals surface area contributed by atoms with Gasteiger partial charge in [0, 0.05) is 19.7 Å². The van der Waals surface area contributed by atoms with E-state index in [0.717, 1.165) is 18.9 Å². The first-order valence-corrected chi connectivity index (χ1v) is 7.51. The van der Waals surface area contributed by atoms with Crippen LogP contribution < -0.4 is 5.32 Å². The van der Waals surface area contributed by atoms with E-state index in [0.29, 0.717) is 12.1 Å². The SMILES string of the molecule is COC1CCC(NCc2ccc(CC(C)C)cc2)C1. The van der Waals surface area contributed by atoms with E-state index in [4.69, 9.17) is 4.74 Å². The minimum atomic E-state index is 0.464. The van der Waals surface area contributed by atoms with Crippen LogP contribution >= 0.6 is 0 Å². The Labute approximate surface area is 117 Å². The van der Waals surface area contributed by atoms with Crippen molar-refractivity contribution < 1.29 is 4.74 Å².